The van der Waals surface area contributed by atoms with Crippen LogP contribution in [-0.2, 0) is 0 Å². The summed E-state index contributed by atoms with van der Waals surface area (Å²) in [5.41, 5.74) is 2.68. The van der Waals surface area contributed by atoms with Gasteiger partial charge in [0, 0.05) is 22.3 Å². The van der Waals surface area contributed by atoms with Gasteiger partial charge in [0.2, 0.25) is 0 Å². The quantitative estimate of drug-likeness (QED) is 0.646. The molecule has 17 heavy (non-hydrogen) atoms. The summed E-state index contributed by atoms with van der Waals surface area (Å²) in [6.07, 6.45) is 0.705. The highest BCUT2D eigenvalue weighted by molar-refractivity contribution is 6.23. The van der Waals surface area contributed by atoms with E-state index in [1.54, 1.807) is 36.4 Å². The summed E-state index contributed by atoms with van der Waals surface area (Å²) in [6, 6.07) is 9.76. The Labute approximate surface area is 97.3 Å². The Bertz CT molecular complexity index is 657. The van der Waals surface area contributed by atoms with Crippen LogP contribution in [0.4, 0.5) is 0 Å². The molecule has 0 radical (unpaired) electrons. The second-order valence-corrected chi connectivity index (χ2v) is 3.95. The van der Waals surface area contributed by atoms with E-state index < -0.39 is 0 Å². The summed E-state index contributed by atoms with van der Waals surface area (Å²) in [6.45, 7) is 0. The summed E-state index contributed by atoms with van der Waals surface area (Å²) in [5.74, 6) is -0.0527. The number of hydrogen-bond acceptors (Lipinski definition) is 3. The average Bonchev–Trinajstić information content (AvgIpc) is 2.64. The van der Waals surface area contributed by atoms with E-state index in [1.165, 1.54) is 0 Å². The fourth-order valence-corrected chi connectivity index (χ4v) is 2.20. The van der Waals surface area contributed by atoms with Crippen LogP contribution in [0.1, 0.15) is 26.3 Å². The van der Waals surface area contributed by atoms with E-state index in [0.29, 0.717) is 34.1 Å². The van der Waals surface area contributed by atoms with Crippen molar-refractivity contribution in [1.82, 2.24) is 0 Å². The van der Waals surface area contributed by atoms with Gasteiger partial charge in [0.1, 0.15) is 12.0 Å². The Hall–Kier alpha value is -2.42. The van der Waals surface area contributed by atoms with Crippen molar-refractivity contribution >= 4 is 12.1 Å². The van der Waals surface area contributed by atoms with E-state index in [0.717, 1.165) is 0 Å². The number of carbonyl (C=O) groups is 2. The lowest BCUT2D eigenvalue weighted by molar-refractivity contribution is 0.104. The first-order valence-electron chi connectivity index (χ1n) is 5.18. The summed E-state index contributed by atoms with van der Waals surface area (Å²) in [4.78, 5) is 22.8. The first-order valence-corrected chi connectivity index (χ1v) is 5.18. The number of carbonyl (C=O) groups excluding carboxylic acids is 2. The first kappa shape index (κ1) is 9.78. The summed E-state index contributed by atoms with van der Waals surface area (Å²) < 4.78 is 0. The molecule has 3 rings (SSSR count). The summed E-state index contributed by atoms with van der Waals surface area (Å²) in [7, 11) is 0. The van der Waals surface area contributed by atoms with Gasteiger partial charge in [0.05, 0.1) is 0 Å². The summed E-state index contributed by atoms with van der Waals surface area (Å²) >= 11 is 0. The third-order valence-electron chi connectivity index (χ3n) is 2.98. The van der Waals surface area contributed by atoms with Crippen molar-refractivity contribution in [1.29, 1.82) is 0 Å². The Balaban J connectivity index is 2.36. The number of aldehydes is 1. The van der Waals surface area contributed by atoms with Crippen LogP contribution in [0.2, 0.25) is 0 Å². The Morgan fingerprint density at radius 2 is 1.82 bits per heavy atom. The van der Waals surface area contributed by atoms with E-state index in [1.807, 2.05) is 0 Å². The predicted octanol–water partition coefficient (Wildman–Crippen LogP) is 2.42. The van der Waals surface area contributed by atoms with Crippen LogP contribution in [0.25, 0.3) is 11.1 Å². The maximum Gasteiger partial charge on any atom is 0.194 e. The standard InChI is InChI=1S/C14H8O3/c15-7-8-4-5-9-11(6-8)14(17)10-2-1-3-12(16)13(9)10/h1-7,16H. The topological polar surface area (TPSA) is 54.4 Å². The van der Waals surface area contributed by atoms with Crippen LogP contribution >= 0.6 is 0 Å². The smallest absolute Gasteiger partial charge is 0.194 e. The van der Waals surface area contributed by atoms with Gasteiger partial charge in [-0.1, -0.05) is 24.3 Å². The van der Waals surface area contributed by atoms with Gasteiger partial charge in [0.15, 0.2) is 5.78 Å². The molecule has 0 aromatic heterocycles. The molecular weight excluding hydrogens is 216 g/mol. The minimum atomic E-state index is -0.144. The molecule has 0 saturated heterocycles. The highest BCUT2D eigenvalue weighted by Gasteiger charge is 2.28. The average molecular weight is 224 g/mol. The second-order valence-electron chi connectivity index (χ2n) is 3.95. The lowest BCUT2D eigenvalue weighted by Gasteiger charge is -2.02. The number of rotatable bonds is 1. The molecule has 0 bridgehead atoms. The van der Waals surface area contributed by atoms with Gasteiger partial charge in [-0.25, -0.2) is 0 Å². The molecule has 0 aliphatic heterocycles. The van der Waals surface area contributed by atoms with Crippen molar-refractivity contribution in [3.63, 3.8) is 0 Å². The van der Waals surface area contributed by atoms with Crippen molar-refractivity contribution in [3.05, 3.63) is 53.1 Å². The number of aromatic hydroxyl groups is 1. The molecule has 0 heterocycles. The SMILES string of the molecule is O=Cc1ccc2c(c1)C(=O)c1cccc(O)c1-2. The molecule has 0 spiro atoms. The van der Waals surface area contributed by atoms with E-state index >= 15 is 0 Å². The van der Waals surface area contributed by atoms with Crippen LogP contribution in [0.5, 0.6) is 5.75 Å². The van der Waals surface area contributed by atoms with Crippen molar-refractivity contribution in [2.24, 2.45) is 0 Å². The molecular formula is C14H8O3. The van der Waals surface area contributed by atoms with Crippen LogP contribution in [0.15, 0.2) is 36.4 Å². The molecule has 0 fully saturated rings. The van der Waals surface area contributed by atoms with Crippen molar-refractivity contribution in [3.8, 4) is 16.9 Å². The largest absolute Gasteiger partial charge is 0.507 e. The van der Waals surface area contributed by atoms with Crippen molar-refractivity contribution in [2.45, 2.75) is 0 Å². The van der Waals surface area contributed by atoms with Gasteiger partial charge in [-0.3, -0.25) is 9.59 Å². The number of hydrogen-bond donors (Lipinski definition) is 1. The maximum absolute atomic E-state index is 12.1. The summed E-state index contributed by atoms with van der Waals surface area (Å²) in [5, 5.41) is 9.80. The third-order valence-corrected chi connectivity index (χ3v) is 2.98. The Morgan fingerprint density at radius 3 is 2.59 bits per heavy atom. The molecule has 3 heteroatoms. The number of phenols is 1. The fourth-order valence-electron chi connectivity index (χ4n) is 2.20. The van der Waals surface area contributed by atoms with Crippen LogP contribution in [0.3, 0.4) is 0 Å². The first-order chi connectivity index (χ1) is 8.22. The van der Waals surface area contributed by atoms with E-state index in [-0.39, 0.29) is 11.5 Å². The van der Waals surface area contributed by atoms with Crippen LogP contribution in [-0.4, -0.2) is 17.2 Å². The van der Waals surface area contributed by atoms with Gasteiger partial charge in [-0.05, 0) is 17.7 Å². The molecule has 2 aromatic rings. The maximum atomic E-state index is 12.1. The van der Waals surface area contributed by atoms with Crippen molar-refractivity contribution in [2.75, 3.05) is 0 Å². The van der Waals surface area contributed by atoms with Gasteiger partial charge < -0.3 is 5.11 Å². The molecule has 0 unspecified atom stereocenters. The number of phenolic OH excluding ortho intramolecular Hbond substituents is 1. The zero-order chi connectivity index (χ0) is 12.0. The van der Waals surface area contributed by atoms with Gasteiger partial charge in [-0.15, -0.1) is 0 Å². The Kier molecular flexibility index (Phi) is 1.89. The molecule has 1 aliphatic carbocycles. The molecule has 0 atom stereocenters. The normalized spacial score (nSPS) is 12.1. The highest BCUT2D eigenvalue weighted by Crippen LogP contribution is 2.41. The number of fused-ring (bicyclic) bond motifs is 3. The van der Waals surface area contributed by atoms with Gasteiger partial charge in [0.25, 0.3) is 0 Å². The fraction of sp³-hybridized carbons (Fsp3) is 0. The van der Waals surface area contributed by atoms with Crippen LogP contribution < -0.4 is 0 Å². The van der Waals surface area contributed by atoms with E-state index in [2.05, 4.69) is 0 Å². The van der Waals surface area contributed by atoms with E-state index in [4.69, 9.17) is 0 Å². The molecule has 0 saturated carbocycles. The third kappa shape index (κ3) is 1.22. The molecule has 1 N–H and O–H groups in total. The Morgan fingerprint density at radius 1 is 1.00 bits per heavy atom. The molecule has 3 nitrogen and oxygen atoms in total. The zero-order valence-electron chi connectivity index (χ0n) is 8.81. The molecule has 1 aliphatic rings. The molecule has 2 aromatic carbocycles. The minimum absolute atomic E-state index is 0.0912. The van der Waals surface area contributed by atoms with Gasteiger partial charge in [-0.2, -0.15) is 0 Å². The van der Waals surface area contributed by atoms with Crippen molar-refractivity contribution < 1.29 is 14.7 Å². The molecule has 82 valence electrons. The zero-order valence-corrected chi connectivity index (χ0v) is 8.81. The lowest BCUT2D eigenvalue weighted by atomic mass is 10.0. The van der Waals surface area contributed by atoms with Gasteiger partial charge >= 0.3 is 0 Å². The molecule has 0 amide bonds. The number of benzene rings is 2. The minimum Gasteiger partial charge on any atom is -0.507 e. The van der Waals surface area contributed by atoms with E-state index in [9.17, 15) is 14.7 Å². The second kappa shape index (κ2) is 3.28. The highest BCUT2D eigenvalue weighted by atomic mass is 16.3. The number of ketones is 1. The van der Waals surface area contributed by atoms with Crippen LogP contribution in [0, 0.1) is 0 Å². The monoisotopic (exact) mass is 224 g/mol. The lowest BCUT2D eigenvalue weighted by Crippen LogP contribution is -1.95. The predicted molar refractivity (Wildman–Crippen MR) is 62.4 cm³/mol.